The average Bonchev–Trinajstić information content (AvgIpc) is 3.45. The Morgan fingerprint density at radius 2 is 1.83 bits per heavy atom. The molecule has 0 radical (unpaired) electrons. The van der Waals surface area contributed by atoms with E-state index in [2.05, 4.69) is 0 Å². The highest BCUT2D eigenvalue weighted by Crippen LogP contribution is 2.48. The number of ether oxygens (including phenoxy) is 2. The highest BCUT2D eigenvalue weighted by Gasteiger charge is 2.44. The molecule has 29 heavy (non-hydrogen) atoms. The van der Waals surface area contributed by atoms with Crippen LogP contribution in [-0.4, -0.2) is 52.0 Å². The van der Waals surface area contributed by atoms with E-state index in [0.29, 0.717) is 41.8 Å². The normalized spacial score (nSPS) is 22.7. The minimum Gasteiger partial charge on any atom is -0.449 e. The second-order valence-corrected chi connectivity index (χ2v) is 10.9. The second kappa shape index (κ2) is 9.47. The van der Waals surface area contributed by atoms with Crippen molar-refractivity contribution in [3.05, 3.63) is 29.8 Å². The molecule has 0 aromatic heterocycles. The van der Waals surface area contributed by atoms with Gasteiger partial charge in [0.25, 0.3) is 0 Å². The van der Waals surface area contributed by atoms with Crippen LogP contribution >= 0.6 is 0 Å². The lowest BCUT2D eigenvalue weighted by Crippen LogP contribution is -2.39. The van der Waals surface area contributed by atoms with Crippen molar-refractivity contribution in [3.8, 4) is 0 Å². The first-order valence-corrected chi connectivity index (χ1v) is 12.4. The third kappa shape index (κ3) is 6.44. The van der Waals surface area contributed by atoms with Gasteiger partial charge < -0.3 is 14.4 Å². The first-order chi connectivity index (χ1) is 13.7. The Bertz CT molecular complexity index is 782. The number of carbonyl (C=O) groups excluding carboxylic acids is 1. The van der Waals surface area contributed by atoms with Crippen LogP contribution in [0.25, 0.3) is 0 Å². The topological polar surface area (TPSA) is 72.9 Å². The number of nitrogens with zero attached hydrogens (tertiary/aromatic N) is 1. The molecule has 1 aliphatic carbocycles. The van der Waals surface area contributed by atoms with Gasteiger partial charge in [0, 0.05) is 19.3 Å². The fraction of sp³-hybridized carbons (Fsp3) is 0.682. The first-order valence-electron chi connectivity index (χ1n) is 10.5. The molecular formula is C22H33NO5S. The largest absolute Gasteiger partial charge is 0.449 e. The Balaban J connectivity index is 1.33. The number of sulfone groups is 1. The van der Waals surface area contributed by atoms with Crippen LogP contribution in [0.2, 0.25) is 0 Å². The van der Waals surface area contributed by atoms with Gasteiger partial charge in [0.2, 0.25) is 0 Å². The van der Waals surface area contributed by atoms with Crippen LogP contribution < -0.4 is 0 Å². The lowest BCUT2D eigenvalue weighted by atomic mass is 9.91. The number of piperidine rings is 1. The van der Waals surface area contributed by atoms with Crippen LogP contribution in [0.3, 0.4) is 0 Å². The van der Waals surface area contributed by atoms with Crippen LogP contribution in [0, 0.1) is 23.7 Å². The van der Waals surface area contributed by atoms with E-state index < -0.39 is 9.84 Å². The Morgan fingerprint density at radius 1 is 1.17 bits per heavy atom. The van der Waals surface area contributed by atoms with Crippen LogP contribution in [0.1, 0.15) is 38.7 Å². The van der Waals surface area contributed by atoms with E-state index in [1.807, 2.05) is 30.9 Å². The van der Waals surface area contributed by atoms with E-state index in [-0.39, 0.29) is 6.09 Å². The minimum absolute atomic E-state index is 0.172. The zero-order valence-corrected chi connectivity index (χ0v) is 18.5. The summed E-state index contributed by atoms with van der Waals surface area (Å²) in [6.45, 7) is 7.40. The number of amides is 1. The second-order valence-electron chi connectivity index (χ2n) is 8.89. The number of hydrogen-bond acceptors (Lipinski definition) is 5. The maximum Gasteiger partial charge on any atom is 0.409 e. The fourth-order valence-corrected chi connectivity index (χ4v) is 4.67. The number of likely N-dealkylation sites (tertiary alicyclic amines) is 1. The zero-order valence-electron chi connectivity index (χ0n) is 17.7. The first kappa shape index (κ1) is 22.1. The SMILES string of the molecule is CC(C)COC(=O)N1CCC(C2C[C@H]2COCc2ccc(S(C)(=O)=O)cc2)CC1. The summed E-state index contributed by atoms with van der Waals surface area (Å²) < 4.78 is 34.2. The molecule has 2 atom stereocenters. The van der Waals surface area contributed by atoms with Crippen molar-refractivity contribution in [1.82, 2.24) is 4.90 Å². The third-order valence-electron chi connectivity index (χ3n) is 5.87. The van der Waals surface area contributed by atoms with Gasteiger partial charge in [0.05, 0.1) is 24.7 Å². The molecule has 2 fully saturated rings. The van der Waals surface area contributed by atoms with Gasteiger partial charge in [-0.1, -0.05) is 26.0 Å². The molecule has 1 saturated carbocycles. The molecule has 1 saturated heterocycles. The van der Waals surface area contributed by atoms with E-state index in [1.54, 1.807) is 12.1 Å². The Labute approximate surface area is 174 Å². The molecule has 1 aromatic carbocycles. The fourth-order valence-electron chi connectivity index (χ4n) is 4.04. The van der Waals surface area contributed by atoms with Crippen molar-refractivity contribution < 1.29 is 22.7 Å². The number of hydrogen-bond donors (Lipinski definition) is 0. The molecule has 1 unspecified atom stereocenters. The van der Waals surface area contributed by atoms with Crippen molar-refractivity contribution in [2.24, 2.45) is 23.7 Å². The smallest absolute Gasteiger partial charge is 0.409 e. The van der Waals surface area contributed by atoms with E-state index in [0.717, 1.165) is 38.1 Å². The summed E-state index contributed by atoms with van der Waals surface area (Å²) in [4.78, 5) is 14.2. The summed E-state index contributed by atoms with van der Waals surface area (Å²) in [7, 11) is -3.15. The molecule has 1 aliphatic heterocycles. The van der Waals surface area contributed by atoms with Gasteiger partial charge in [-0.25, -0.2) is 13.2 Å². The average molecular weight is 424 g/mol. The molecule has 1 heterocycles. The van der Waals surface area contributed by atoms with Gasteiger partial charge in [-0.05, 0) is 60.6 Å². The molecule has 6 nitrogen and oxygen atoms in total. The summed E-state index contributed by atoms with van der Waals surface area (Å²) in [6.07, 6.45) is 4.34. The number of carbonyl (C=O) groups is 1. The van der Waals surface area contributed by atoms with Gasteiger partial charge in [-0.15, -0.1) is 0 Å². The van der Waals surface area contributed by atoms with Gasteiger partial charge >= 0.3 is 6.09 Å². The molecule has 0 N–H and O–H groups in total. The third-order valence-corrected chi connectivity index (χ3v) is 7.00. The Kier molecular flexibility index (Phi) is 7.22. The minimum atomic E-state index is -3.15. The molecule has 1 aromatic rings. The van der Waals surface area contributed by atoms with Crippen molar-refractivity contribution in [3.63, 3.8) is 0 Å². The summed E-state index contributed by atoms with van der Waals surface area (Å²) in [5.74, 6) is 2.35. The Hall–Kier alpha value is -1.60. The maximum absolute atomic E-state index is 12.1. The molecule has 0 bridgehead atoms. The van der Waals surface area contributed by atoms with Gasteiger partial charge in [-0.2, -0.15) is 0 Å². The summed E-state index contributed by atoms with van der Waals surface area (Å²) >= 11 is 0. The van der Waals surface area contributed by atoms with E-state index in [9.17, 15) is 13.2 Å². The predicted octanol–water partition coefficient (Wildman–Crippen LogP) is 3.75. The number of benzene rings is 1. The van der Waals surface area contributed by atoms with Crippen LogP contribution in [0.15, 0.2) is 29.2 Å². The molecule has 7 heteroatoms. The molecule has 2 aliphatic rings. The zero-order chi connectivity index (χ0) is 21.0. The summed E-state index contributed by atoms with van der Waals surface area (Å²) in [5, 5.41) is 0. The van der Waals surface area contributed by atoms with Gasteiger partial charge in [0.1, 0.15) is 0 Å². The summed E-state index contributed by atoms with van der Waals surface area (Å²) in [5.41, 5.74) is 0.989. The van der Waals surface area contributed by atoms with Crippen LogP contribution in [-0.2, 0) is 25.9 Å². The van der Waals surface area contributed by atoms with Crippen molar-refractivity contribution >= 4 is 15.9 Å². The molecular weight excluding hydrogens is 390 g/mol. The highest BCUT2D eigenvalue weighted by atomic mass is 32.2. The van der Waals surface area contributed by atoms with Crippen LogP contribution in [0.5, 0.6) is 0 Å². The maximum atomic E-state index is 12.1. The lowest BCUT2D eigenvalue weighted by molar-refractivity contribution is 0.0734. The molecule has 1 amide bonds. The lowest BCUT2D eigenvalue weighted by Gasteiger charge is -2.31. The van der Waals surface area contributed by atoms with E-state index in [4.69, 9.17) is 9.47 Å². The quantitative estimate of drug-likeness (QED) is 0.637. The predicted molar refractivity (Wildman–Crippen MR) is 111 cm³/mol. The van der Waals surface area contributed by atoms with Crippen molar-refractivity contribution in [1.29, 1.82) is 0 Å². The van der Waals surface area contributed by atoms with E-state index in [1.165, 1.54) is 12.7 Å². The van der Waals surface area contributed by atoms with Gasteiger partial charge in [-0.3, -0.25) is 0 Å². The standard InChI is InChI=1S/C22H33NO5S/c1-16(2)13-28-22(24)23-10-8-18(9-11-23)21-12-19(21)15-27-14-17-4-6-20(7-5-17)29(3,25)26/h4-7,16,18-19,21H,8-15H2,1-3H3/t19-,21?/m0/s1. The van der Waals surface area contributed by atoms with Crippen molar-refractivity contribution in [2.75, 3.05) is 32.6 Å². The monoisotopic (exact) mass is 423 g/mol. The van der Waals surface area contributed by atoms with Crippen molar-refractivity contribution in [2.45, 2.75) is 44.6 Å². The summed E-state index contributed by atoms with van der Waals surface area (Å²) in [6, 6.07) is 6.89. The van der Waals surface area contributed by atoms with E-state index >= 15 is 0 Å². The highest BCUT2D eigenvalue weighted by molar-refractivity contribution is 7.90. The molecule has 162 valence electrons. The van der Waals surface area contributed by atoms with Crippen LogP contribution in [0.4, 0.5) is 4.79 Å². The number of rotatable bonds is 8. The van der Waals surface area contributed by atoms with Gasteiger partial charge in [0.15, 0.2) is 9.84 Å². The Morgan fingerprint density at radius 3 is 2.41 bits per heavy atom. The molecule has 3 rings (SSSR count). The molecule has 0 spiro atoms.